The Morgan fingerprint density at radius 1 is 0.533 bits per heavy atom. The molecule has 176 valence electrons. The van der Waals surface area contributed by atoms with Crippen LogP contribution in [-0.4, -0.2) is 22.2 Å². The maximum Gasteiger partial charge on any atom is 0.303 e. The van der Waals surface area contributed by atoms with E-state index in [0.29, 0.717) is 12.8 Å². The number of aliphatic carboxylic acids is 2. The van der Waals surface area contributed by atoms with Crippen molar-refractivity contribution in [3.05, 3.63) is 0 Å². The van der Waals surface area contributed by atoms with Gasteiger partial charge in [-0.3, -0.25) is 9.59 Å². The van der Waals surface area contributed by atoms with Crippen molar-refractivity contribution in [3.8, 4) is 0 Å². The fourth-order valence-electron chi connectivity index (χ4n) is 5.11. The van der Waals surface area contributed by atoms with Crippen molar-refractivity contribution < 1.29 is 19.8 Å². The van der Waals surface area contributed by atoms with Crippen LogP contribution < -0.4 is 0 Å². The average molecular weight is 425 g/mol. The molecule has 4 nitrogen and oxygen atoms in total. The van der Waals surface area contributed by atoms with Gasteiger partial charge in [0.05, 0.1) is 0 Å². The first kappa shape index (κ1) is 27.0. The Bertz CT molecular complexity index is 397. The molecule has 1 saturated carbocycles. The Morgan fingerprint density at radius 3 is 1.23 bits per heavy atom. The van der Waals surface area contributed by atoms with Gasteiger partial charge in [0.2, 0.25) is 0 Å². The van der Waals surface area contributed by atoms with Gasteiger partial charge in [-0.1, -0.05) is 109 Å². The molecule has 4 heteroatoms. The summed E-state index contributed by atoms with van der Waals surface area (Å²) in [6.07, 6.45) is 26.2. The van der Waals surface area contributed by atoms with Crippen LogP contribution in [0.15, 0.2) is 0 Å². The van der Waals surface area contributed by atoms with Gasteiger partial charge in [0.25, 0.3) is 0 Å². The Kier molecular flexibility index (Phi) is 16.8. The fourth-order valence-corrected chi connectivity index (χ4v) is 5.11. The monoisotopic (exact) mass is 424 g/mol. The van der Waals surface area contributed by atoms with E-state index in [1.165, 1.54) is 103 Å². The summed E-state index contributed by atoms with van der Waals surface area (Å²) >= 11 is 0. The second kappa shape index (κ2) is 18.7. The van der Waals surface area contributed by atoms with Crippen LogP contribution in [0.1, 0.15) is 141 Å². The van der Waals surface area contributed by atoms with E-state index in [-0.39, 0.29) is 0 Å². The molecular weight excluding hydrogens is 376 g/mol. The Hall–Kier alpha value is -1.06. The molecule has 0 bridgehead atoms. The predicted molar refractivity (Wildman–Crippen MR) is 124 cm³/mol. The number of carboxylic acid groups (broad SMARTS) is 2. The SMILES string of the molecule is O=C(O)CCCCCCCCCC1CCCC(CCCCCCCCCC(=O)O)C1. The number of hydrogen-bond acceptors (Lipinski definition) is 2. The zero-order chi connectivity index (χ0) is 21.9. The van der Waals surface area contributed by atoms with E-state index in [4.69, 9.17) is 10.2 Å². The topological polar surface area (TPSA) is 74.6 Å². The summed E-state index contributed by atoms with van der Waals surface area (Å²) in [6, 6.07) is 0. The van der Waals surface area contributed by atoms with Gasteiger partial charge in [-0.15, -0.1) is 0 Å². The van der Waals surface area contributed by atoms with Gasteiger partial charge in [0, 0.05) is 12.8 Å². The molecule has 0 aromatic rings. The van der Waals surface area contributed by atoms with Crippen LogP contribution >= 0.6 is 0 Å². The van der Waals surface area contributed by atoms with E-state index in [9.17, 15) is 9.59 Å². The van der Waals surface area contributed by atoms with Crippen LogP contribution in [0, 0.1) is 11.8 Å². The molecule has 1 aliphatic carbocycles. The summed E-state index contributed by atoms with van der Waals surface area (Å²) in [6.45, 7) is 0. The zero-order valence-electron chi connectivity index (χ0n) is 19.4. The average Bonchev–Trinajstić information content (AvgIpc) is 2.71. The number of unbranched alkanes of at least 4 members (excludes halogenated alkanes) is 12. The zero-order valence-corrected chi connectivity index (χ0v) is 19.4. The highest BCUT2D eigenvalue weighted by Gasteiger charge is 2.21. The standard InChI is InChI=1S/C26H48O4/c27-25(28)20-13-9-5-1-3-7-11-16-23-18-15-19-24(22-23)17-12-8-4-2-6-10-14-21-26(29)30/h23-24H,1-22H2,(H,27,28)(H,29,30). The lowest BCUT2D eigenvalue weighted by atomic mass is 9.77. The van der Waals surface area contributed by atoms with Gasteiger partial charge < -0.3 is 10.2 Å². The normalized spacial score (nSPS) is 19.1. The lowest BCUT2D eigenvalue weighted by molar-refractivity contribution is -0.138. The minimum absolute atomic E-state index is 0.331. The van der Waals surface area contributed by atoms with Crippen LogP contribution in [0.25, 0.3) is 0 Å². The largest absolute Gasteiger partial charge is 0.481 e. The smallest absolute Gasteiger partial charge is 0.303 e. The Balaban J connectivity index is 1.90. The first-order valence-corrected chi connectivity index (χ1v) is 13.0. The van der Waals surface area contributed by atoms with Crippen molar-refractivity contribution >= 4 is 11.9 Å². The third kappa shape index (κ3) is 16.7. The number of rotatable bonds is 20. The summed E-state index contributed by atoms with van der Waals surface area (Å²) in [4.78, 5) is 21.0. The molecule has 1 fully saturated rings. The second-order valence-corrected chi connectivity index (χ2v) is 9.71. The minimum atomic E-state index is -0.661. The lowest BCUT2D eigenvalue weighted by Crippen LogP contribution is -2.15. The minimum Gasteiger partial charge on any atom is -0.481 e. The van der Waals surface area contributed by atoms with Crippen molar-refractivity contribution in [1.82, 2.24) is 0 Å². The summed E-state index contributed by atoms with van der Waals surface area (Å²) in [7, 11) is 0. The second-order valence-electron chi connectivity index (χ2n) is 9.71. The Morgan fingerprint density at radius 2 is 0.867 bits per heavy atom. The molecule has 0 aromatic heterocycles. The van der Waals surface area contributed by atoms with E-state index in [0.717, 1.165) is 37.5 Å². The summed E-state index contributed by atoms with van der Waals surface area (Å²) in [5.74, 6) is 0.610. The van der Waals surface area contributed by atoms with Gasteiger partial charge in [0.15, 0.2) is 0 Å². The molecule has 2 atom stereocenters. The third-order valence-corrected chi connectivity index (χ3v) is 6.90. The highest BCUT2D eigenvalue weighted by Crippen LogP contribution is 2.35. The van der Waals surface area contributed by atoms with Gasteiger partial charge >= 0.3 is 11.9 Å². The molecule has 1 aliphatic rings. The van der Waals surface area contributed by atoms with Gasteiger partial charge in [-0.05, 0) is 31.1 Å². The van der Waals surface area contributed by atoms with E-state index in [1.54, 1.807) is 0 Å². The van der Waals surface area contributed by atoms with Gasteiger partial charge in [-0.2, -0.15) is 0 Å². The quantitative estimate of drug-likeness (QED) is 0.194. The molecule has 0 heterocycles. The highest BCUT2D eigenvalue weighted by atomic mass is 16.4. The lowest BCUT2D eigenvalue weighted by Gasteiger charge is -2.29. The van der Waals surface area contributed by atoms with Crippen LogP contribution in [0.2, 0.25) is 0 Å². The Labute approximate surface area is 185 Å². The molecule has 0 radical (unpaired) electrons. The number of carboxylic acids is 2. The van der Waals surface area contributed by atoms with Crippen LogP contribution in [0.5, 0.6) is 0 Å². The molecule has 1 rings (SSSR count). The van der Waals surface area contributed by atoms with E-state index < -0.39 is 11.9 Å². The predicted octanol–water partition coefficient (Wildman–Crippen LogP) is 7.98. The van der Waals surface area contributed by atoms with Crippen molar-refractivity contribution in [1.29, 1.82) is 0 Å². The molecule has 2 N–H and O–H groups in total. The first-order chi connectivity index (χ1) is 14.6. The highest BCUT2D eigenvalue weighted by molar-refractivity contribution is 5.66. The van der Waals surface area contributed by atoms with Crippen molar-refractivity contribution in [2.45, 2.75) is 141 Å². The van der Waals surface area contributed by atoms with E-state index in [1.807, 2.05) is 0 Å². The van der Waals surface area contributed by atoms with Crippen molar-refractivity contribution in [2.75, 3.05) is 0 Å². The molecule has 0 aromatic carbocycles. The molecule has 0 amide bonds. The molecule has 30 heavy (non-hydrogen) atoms. The van der Waals surface area contributed by atoms with E-state index in [2.05, 4.69) is 0 Å². The van der Waals surface area contributed by atoms with Gasteiger partial charge in [-0.25, -0.2) is 0 Å². The van der Waals surface area contributed by atoms with E-state index >= 15 is 0 Å². The maximum absolute atomic E-state index is 10.5. The molecule has 0 spiro atoms. The molecule has 0 saturated heterocycles. The van der Waals surface area contributed by atoms with Gasteiger partial charge in [0.1, 0.15) is 0 Å². The maximum atomic E-state index is 10.5. The summed E-state index contributed by atoms with van der Waals surface area (Å²) < 4.78 is 0. The van der Waals surface area contributed by atoms with Crippen molar-refractivity contribution in [3.63, 3.8) is 0 Å². The summed E-state index contributed by atoms with van der Waals surface area (Å²) in [5, 5.41) is 17.3. The molecular formula is C26H48O4. The number of hydrogen-bond donors (Lipinski definition) is 2. The third-order valence-electron chi connectivity index (χ3n) is 6.90. The van der Waals surface area contributed by atoms with Crippen LogP contribution in [0.4, 0.5) is 0 Å². The number of carbonyl (C=O) groups is 2. The summed E-state index contributed by atoms with van der Waals surface area (Å²) in [5.41, 5.74) is 0. The molecule has 2 unspecified atom stereocenters. The first-order valence-electron chi connectivity index (χ1n) is 13.0. The van der Waals surface area contributed by atoms with Crippen molar-refractivity contribution in [2.24, 2.45) is 11.8 Å². The van der Waals surface area contributed by atoms with Crippen LogP contribution in [-0.2, 0) is 9.59 Å². The fraction of sp³-hybridized carbons (Fsp3) is 0.923. The van der Waals surface area contributed by atoms with Crippen LogP contribution in [0.3, 0.4) is 0 Å². The molecule has 0 aliphatic heterocycles.